The molecule has 0 aliphatic heterocycles. The summed E-state index contributed by atoms with van der Waals surface area (Å²) in [6.45, 7) is 0. The van der Waals surface area contributed by atoms with Gasteiger partial charge in [0.2, 0.25) is 0 Å². The largest absolute Gasteiger partial charge is 0.494 e. The molecule has 3 nitrogen and oxygen atoms in total. The van der Waals surface area contributed by atoms with E-state index in [-0.39, 0.29) is 12.4 Å². The Morgan fingerprint density at radius 3 is 2.67 bits per heavy atom. The quantitative estimate of drug-likeness (QED) is 0.804. The van der Waals surface area contributed by atoms with Gasteiger partial charge in [-0.3, -0.25) is 4.79 Å². The summed E-state index contributed by atoms with van der Waals surface area (Å²) in [6, 6.07) is 3.44. The van der Waals surface area contributed by atoms with Crippen molar-refractivity contribution in [3.8, 4) is 5.75 Å². The third-order valence-electron chi connectivity index (χ3n) is 1.90. The van der Waals surface area contributed by atoms with Crippen LogP contribution in [0.3, 0.4) is 0 Å². The lowest BCUT2D eigenvalue weighted by Crippen LogP contribution is -2.05. The molecule has 1 rings (SSSR count). The second-order valence-electron chi connectivity index (χ2n) is 2.81. The van der Waals surface area contributed by atoms with Crippen LogP contribution in [0, 0.1) is 0 Å². The van der Waals surface area contributed by atoms with Crippen LogP contribution in [0.2, 0.25) is 5.02 Å². The molecule has 0 aromatic heterocycles. The highest BCUT2D eigenvalue weighted by Gasteiger charge is 2.13. The first kappa shape index (κ1) is 12.3. The molecule has 0 amide bonds. The maximum atomic E-state index is 11.1. The molecule has 0 heterocycles. The van der Waals surface area contributed by atoms with E-state index in [2.05, 4.69) is 20.7 Å². The van der Waals surface area contributed by atoms with E-state index >= 15 is 0 Å². The van der Waals surface area contributed by atoms with Gasteiger partial charge in [-0.25, -0.2) is 0 Å². The zero-order chi connectivity index (χ0) is 11.4. The van der Waals surface area contributed by atoms with Crippen LogP contribution >= 0.6 is 27.5 Å². The van der Waals surface area contributed by atoms with Crippen molar-refractivity contribution in [3.05, 3.63) is 27.2 Å². The summed E-state index contributed by atoms with van der Waals surface area (Å²) in [7, 11) is 2.87. The molecule has 0 atom stereocenters. The zero-order valence-electron chi connectivity index (χ0n) is 8.34. The topological polar surface area (TPSA) is 35.5 Å². The first-order valence-electron chi connectivity index (χ1n) is 4.17. The minimum absolute atomic E-state index is 0.185. The molecule has 0 aliphatic rings. The highest BCUT2D eigenvalue weighted by Crippen LogP contribution is 2.35. The number of benzene rings is 1. The highest BCUT2D eigenvalue weighted by atomic mass is 79.9. The van der Waals surface area contributed by atoms with E-state index in [0.29, 0.717) is 15.2 Å². The summed E-state index contributed by atoms with van der Waals surface area (Å²) in [5, 5.41) is 0.498. The maximum Gasteiger partial charge on any atom is 0.310 e. The number of ether oxygens (including phenoxy) is 2. The van der Waals surface area contributed by atoms with E-state index in [1.54, 1.807) is 12.1 Å². The van der Waals surface area contributed by atoms with Crippen molar-refractivity contribution < 1.29 is 14.3 Å². The molecule has 15 heavy (non-hydrogen) atoms. The molecule has 1 aromatic carbocycles. The van der Waals surface area contributed by atoms with Gasteiger partial charge in [-0.05, 0) is 27.6 Å². The molecule has 0 saturated heterocycles. The first-order valence-corrected chi connectivity index (χ1v) is 5.35. The normalized spacial score (nSPS) is 9.87. The Morgan fingerprint density at radius 1 is 1.47 bits per heavy atom. The second-order valence-corrected chi connectivity index (χ2v) is 4.01. The summed E-state index contributed by atoms with van der Waals surface area (Å²) in [5.41, 5.74) is 0.781. The molecule has 82 valence electrons. The molecular weight excluding hydrogens is 283 g/mol. The lowest BCUT2D eigenvalue weighted by molar-refractivity contribution is -0.139. The van der Waals surface area contributed by atoms with E-state index < -0.39 is 0 Å². The number of rotatable bonds is 3. The van der Waals surface area contributed by atoms with Crippen molar-refractivity contribution >= 4 is 33.5 Å². The van der Waals surface area contributed by atoms with E-state index in [1.165, 1.54) is 14.2 Å². The number of halogens is 2. The van der Waals surface area contributed by atoms with Gasteiger partial charge in [0.05, 0.1) is 30.1 Å². The van der Waals surface area contributed by atoms with Crippen LogP contribution in [0.1, 0.15) is 5.56 Å². The van der Waals surface area contributed by atoms with Crippen molar-refractivity contribution in [1.82, 2.24) is 0 Å². The van der Waals surface area contributed by atoms with Crippen molar-refractivity contribution in [2.75, 3.05) is 14.2 Å². The van der Waals surface area contributed by atoms with Gasteiger partial charge in [-0.15, -0.1) is 0 Å². The van der Waals surface area contributed by atoms with Gasteiger partial charge in [0.15, 0.2) is 5.75 Å². The van der Waals surface area contributed by atoms with Crippen LogP contribution in [0.15, 0.2) is 16.6 Å². The van der Waals surface area contributed by atoms with Gasteiger partial charge in [0.25, 0.3) is 0 Å². The minimum atomic E-state index is -0.305. The molecular formula is C10H10BrClO3. The Labute approximate surface area is 101 Å². The van der Waals surface area contributed by atoms with Crippen LogP contribution in [0.25, 0.3) is 0 Å². The molecule has 1 aromatic rings. The molecule has 0 fully saturated rings. The van der Waals surface area contributed by atoms with Crippen LogP contribution in [0.5, 0.6) is 5.75 Å². The number of esters is 1. The van der Waals surface area contributed by atoms with E-state index in [0.717, 1.165) is 5.56 Å². The van der Waals surface area contributed by atoms with Crippen molar-refractivity contribution in [1.29, 1.82) is 0 Å². The summed E-state index contributed by atoms with van der Waals surface area (Å²) >= 11 is 9.23. The Bertz CT molecular complexity index is 379. The molecule has 0 radical (unpaired) electrons. The summed E-state index contributed by atoms with van der Waals surface area (Å²) in [6.07, 6.45) is 0.185. The summed E-state index contributed by atoms with van der Waals surface area (Å²) < 4.78 is 10.4. The third kappa shape index (κ3) is 2.86. The van der Waals surface area contributed by atoms with Crippen LogP contribution in [-0.4, -0.2) is 20.2 Å². The zero-order valence-corrected chi connectivity index (χ0v) is 10.7. The Balaban J connectivity index is 3.05. The molecule has 0 aliphatic carbocycles. The van der Waals surface area contributed by atoms with Crippen LogP contribution < -0.4 is 4.74 Å². The predicted octanol–water partition coefficient (Wildman–Crippen LogP) is 2.83. The highest BCUT2D eigenvalue weighted by molar-refractivity contribution is 9.10. The molecule has 5 heteroatoms. The maximum absolute atomic E-state index is 11.1. The number of carbonyl (C=O) groups is 1. The number of carbonyl (C=O) groups excluding carboxylic acids is 1. The first-order chi connectivity index (χ1) is 7.10. The summed E-state index contributed by atoms with van der Waals surface area (Å²) in [4.78, 5) is 11.1. The standard InChI is InChI=1S/C10H10BrClO3/c1-14-8(13)5-6-3-4-7(12)10(15-2)9(6)11/h3-4H,5H2,1-2H3. The van der Waals surface area contributed by atoms with Gasteiger partial charge in [0, 0.05) is 0 Å². The Kier molecular flexibility index (Phi) is 4.42. The number of methoxy groups -OCH3 is 2. The van der Waals surface area contributed by atoms with Crippen molar-refractivity contribution in [3.63, 3.8) is 0 Å². The molecule has 0 unspecified atom stereocenters. The fourth-order valence-electron chi connectivity index (χ4n) is 1.12. The van der Waals surface area contributed by atoms with Crippen LogP contribution in [0.4, 0.5) is 0 Å². The minimum Gasteiger partial charge on any atom is -0.494 e. The number of hydrogen-bond donors (Lipinski definition) is 0. The van der Waals surface area contributed by atoms with Gasteiger partial charge in [0.1, 0.15) is 0 Å². The predicted molar refractivity (Wildman–Crippen MR) is 61.4 cm³/mol. The molecule has 0 N–H and O–H groups in total. The Morgan fingerprint density at radius 2 is 2.13 bits per heavy atom. The van der Waals surface area contributed by atoms with E-state index in [9.17, 15) is 4.79 Å². The van der Waals surface area contributed by atoms with Gasteiger partial charge < -0.3 is 9.47 Å². The lowest BCUT2D eigenvalue weighted by atomic mass is 10.1. The van der Waals surface area contributed by atoms with Gasteiger partial charge >= 0.3 is 5.97 Å². The van der Waals surface area contributed by atoms with Crippen molar-refractivity contribution in [2.45, 2.75) is 6.42 Å². The lowest BCUT2D eigenvalue weighted by Gasteiger charge is -2.09. The molecule has 0 spiro atoms. The van der Waals surface area contributed by atoms with Crippen molar-refractivity contribution in [2.24, 2.45) is 0 Å². The Hall–Kier alpha value is -0.740. The third-order valence-corrected chi connectivity index (χ3v) is 3.06. The molecule has 0 bridgehead atoms. The summed E-state index contributed by atoms with van der Waals surface area (Å²) in [5.74, 6) is 0.221. The fraction of sp³-hybridized carbons (Fsp3) is 0.300. The smallest absolute Gasteiger partial charge is 0.310 e. The second kappa shape index (κ2) is 5.37. The molecule has 0 saturated carbocycles. The fourth-order valence-corrected chi connectivity index (χ4v) is 2.12. The average Bonchev–Trinajstić information content (AvgIpc) is 2.23. The van der Waals surface area contributed by atoms with E-state index in [4.69, 9.17) is 16.3 Å². The van der Waals surface area contributed by atoms with Crippen LogP contribution in [-0.2, 0) is 16.0 Å². The average molecular weight is 294 g/mol. The SMILES string of the molecule is COC(=O)Cc1ccc(Cl)c(OC)c1Br. The monoisotopic (exact) mass is 292 g/mol. The number of hydrogen-bond acceptors (Lipinski definition) is 3. The van der Waals surface area contributed by atoms with Gasteiger partial charge in [-0.2, -0.15) is 0 Å². The van der Waals surface area contributed by atoms with E-state index in [1.807, 2.05) is 0 Å². The van der Waals surface area contributed by atoms with Gasteiger partial charge in [-0.1, -0.05) is 17.7 Å².